The standard InChI is InChI=1S/C14H7N3O7S/c18-13(19)7-5-9(16(20)21)12(10(6-7)17(22)23)25-14-15-8-3-1-2-4-11(8)24-14/h1-6H,(H,18,19). The lowest BCUT2D eigenvalue weighted by Gasteiger charge is -2.03. The van der Waals surface area contributed by atoms with Crippen LogP contribution in [0.4, 0.5) is 11.4 Å². The number of aromatic carboxylic acids is 1. The fraction of sp³-hybridized carbons (Fsp3) is 0. The molecule has 0 spiro atoms. The zero-order valence-electron chi connectivity index (χ0n) is 12.1. The molecule has 0 aliphatic rings. The minimum absolute atomic E-state index is 0.0320. The summed E-state index contributed by atoms with van der Waals surface area (Å²) in [4.78, 5) is 35.6. The first-order valence-electron chi connectivity index (χ1n) is 6.60. The van der Waals surface area contributed by atoms with E-state index in [0.29, 0.717) is 22.9 Å². The monoisotopic (exact) mass is 361 g/mol. The van der Waals surface area contributed by atoms with E-state index in [2.05, 4.69) is 4.98 Å². The van der Waals surface area contributed by atoms with Crippen molar-refractivity contribution in [1.82, 2.24) is 4.98 Å². The van der Waals surface area contributed by atoms with Gasteiger partial charge >= 0.3 is 5.97 Å². The highest BCUT2D eigenvalue weighted by Gasteiger charge is 2.30. The Balaban J connectivity index is 2.17. The van der Waals surface area contributed by atoms with Crippen molar-refractivity contribution in [2.75, 3.05) is 0 Å². The smallest absolute Gasteiger partial charge is 0.336 e. The normalized spacial score (nSPS) is 10.7. The molecule has 3 rings (SSSR count). The molecule has 0 aliphatic carbocycles. The summed E-state index contributed by atoms with van der Waals surface area (Å²) in [7, 11) is 0. The Kier molecular flexibility index (Phi) is 4.07. The number of carbonyl (C=O) groups is 1. The molecule has 3 aromatic rings. The van der Waals surface area contributed by atoms with Crippen molar-refractivity contribution in [1.29, 1.82) is 0 Å². The Morgan fingerprint density at radius 3 is 2.24 bits per heavy atom. The van der Waals surface area contributed by atoms with Crippen molar-refractivity contribution in [3.05, 3.63) is 62.2 Å². The SMILES string of the molecule is O=C(O)c1cc([N+](=O)[O-])c(Sc2nc3ccccc3o2)c([N+](=O)[O-])c1. The van der Waals surface area contributed by atoms with Crippen LogP contribution in [0.5, 0.6) is 0 Å². The van der Waals surface area contributed by atoms with Crippen LogP contribution < -0.4 is 0 Å². The first-order valence-corrected chi connectivity index (χ1v) is 7.42. The van der Waals surface area contributed by atoms with E-state index in [-0.39, 0.29) is 10.1 Å². The Morgan fingerprint density at radius 1 is 1.12 bits per heavy atom. The number of carboxylic acids is 1. The van der Waals surface area contributed by atoms with Gasteiger partial charge in [0.05, 0.1) is 15.4 Å². The summed E-state index contributed by atoms with van der Waals surface area (Å²) >= 11 is 0.590. The molecule has 126 valence electrons. The number of aromatic nitrogens is 1. The van der Waals surface area contributed by atoms with Crippen molar-refractivity contribution in [3.8, 4) is 0 Å². The highest BCUT2D eigenvalue weighted by molar-refractivity contribution is 7.99. The lowest BCUT2D eigenvalue weighted by molar-refractivity contribution is -0.399. The lowest BCUT2D eigenvalue weighted by atomic mass is 10.2. The second-order valence-electron chi connectivity index (χ2n) is 4.71. The van der Waals surface area contributed by atoms with Crippen LogP contribution in [0.15, 0.2) is 50.9 Å². The van der Waals surface area contributed by atoms with Gasteiger partial charge in [-0.3, -0.25) is 20.2 Å². The molecule has 2 aromatic carbocycles. The largest absolute Gasteiger partial charge is 0.478 e. The molecule has 0 unspecified atom stereocenters. The maximum atomic E-state index is 11.3. The summed E-state index contributed by atoms with van der Waals surface area (Å²) in [6.07, 6.45) is 0. The molecule has 10 nitrogen and oxygen atoms in total. The van der Waals surface area contributed by atoms with Gasteiger partial charge in [-0.05, 0) is 23.9 Å². The van der Waals surface area contributed by atoms with Crippen LogP contribution in [0.1, 0.15) is 10.4 Å². The maximum Gasteiger partial charge on any atom is 0.336 e. The molecular formula is C14H7N3O7S. The Labute approximate surface area is 142 Å². The Morgan fingerprint density at radius 2 is 1.72 bits per heavy atom. The number of fused-ring (bicyclic) bond motifs is 1. The third kappa shape index (κ3) is 3.12. The summed E-state index contributed by atoms with van der Waals surface area (Å²) in [6, 6.07) is 8.23. The molecular weight excluding hydrogens is 354 g/mol. The van der Waals surface area contributed by atoms with E-state index in [4.69, 9.17) is 9.52 Å². The zero-order valence-corrected chi connectivity index (χ0v) is 12.9. The van der Waals surface area contributed by atoms with Crippen molar-refractivity contribution < 1.29 is 24.2 Å². The van der Waals surface area contributed by atoms with Gasteiger partial charge in [0.25, 0.3) is 16.6 Å². The number of benzene rings is 2. The minimum Gasteiger partial charge on any atom is -0.478 e. The molecule has 0 saturated heterocycles. The zero-order chi connectivity index (χ0) is 18.1. The van der Waals surface area contributed by atoms with Crippen molar-refractivity contribution in [3.63, 3.8) is 0 Å². The number of rotatable bonds is 5. The van der Waals surface area contributed by atoms with Gasteiger partial charge < -0.3 is 9.52 Å². The van der Waals surface area contributed by atoms with E-state index in [1.165, 1.54) is 0 Å². The van der Waals surface area contributed by atoms with E-state index >= 15 is 0 Å². The molecule has 25 heavy (non-hydrogen) atoms. The molecule has 1 N–H and O–H groups in total. The third-order valence-electron chi connectivity index (χ3n) is 3.15. The topological polar surface area (TPSA) is 150 Å². The molecule has 11 heteroatoms. The molecule has 0 saturated carbocycles. The molecule has 0 radical (unpaired) electrons. The van der Waals surface area contributed by atoms with Crippen molar-refractivity contribution >= 4 is 40.2 Å². The fourth-order valence-electron chi connectivity index (χ4n) is 2.08. The predicted octanol–water partition coefficient (Wildman–Crippen LogP) is 3.49. The van der Waals surface area contributed by atoms with Gasteiger partial charge in [-0.15, -0.1) is 0 Å². The highest BCUT2D eigenvalue weighted by Crippen LogP contribution is 2.42. The highest BCUT2D eigenvalue weighted by atomic mass is 32.2. The van der Waals surface area contributed by atoms with Crippen LogP contribution >= 0.6 is 11.8 Å². The van der Waals surface area contributed by atoms with Gasteiger partial charge in [0.1, 0.15) is 5.52 Å². The van der Waals surface area contributed by atoms with Gasteiger partial charge in [0.15, 0.2) is 10.5 Å². The number of nitrogens with zero attached hydrogens (tertiary/aromatic N) is 3. The number of nitro benzene ring substituents is 2. The predicted molar refractivity (Wildman–Crippen MR) is 84.8 cm³/mol. The third-order valence-corrected chi connectivity index (χ3v) is 4.13. The van der Waals surface area contributed by atoms with E-state index < -0.39 is 32.8 Å². The molecule has 1 heterocycles. The van der Waals surface area contributed by atoms with Crippen LogP contribution in [0.25, 0.3) is 11.1 Å². The van der Waals surface area contributed by atoms with Gasteiger partial charge in [-0.25, -0.2) is 9.78 Å². The molecule has 0 bridgehead atoms. The van der Waals surface area contributed by atoms with Crippen molar-refractivity contribution in [2.24, 2.45) is 0 Å². The number of nitro groups is 2. The fourth-order valence-corrected chi connectivity index (χ4v) is 3.01. The van der Waals surface area contributed by atoms with Crippen LogP contribution in [-0.4, -0.2) is 25.9 Å². The molecule has 0 atom stereocenters. The summed E-state index contributed by atoms with van der Waals surface area (Å²) in [6.45, 7) is 0. The second kappa shape index (κ2) is 6.20. The first-order chi connectivity index (χ1) is 11.9. The Hall–Kier alpha value is -3.47. The van der Waals surface area contributed by atoms with E-state index in [9.17, 15) is 25.0 Å². The summed E-state index contributed by atoms with van der Waals surface area (Å²) in [5.74, 6) is -1.51. The molecule has 0 aliphatic heterocycles. The second-order valence-corrected chi connectivity index (χ2v) is 5.67. The van der Waals surface area contributed by atoms with Crippen LogP contribution in [0.3, 0.4) is 0 Å². The summed E-state index contributed by atoms with van der Waals surface area (Å²) < 4.78 is 5.41. The van der Waals surface area contributed by atoms with E-state index in [1.54, 1.807) is 24.3 Å². The van der Waals surface area contributed by atoms with Gasteiger partial charge in [-0.2, -0.15) is 0 Å². The number of hydrogen-bond acceptors (Lipinski definition) is 8. The van der Waals surface area contributed by atoms with Crippen LogP contribution in [0, 0.1) is 20.2 Å². The average molecular weight is 361 g/mol. The quantitative estimate of drug-likeness (QED) is 0.532. The summed E-state index contributed by atoms with van der Waals surface area (Å²) in [5.41, 5.74) is -1.08. The Bertz CT molecular complexity index is 962. The van der Waals surface area contributed by atoms with E-state index in [1.807, 2.05) is 0 Å². The average Bonchev–Trinajstić information content (AvgIpc) is 2.96. The molecule has 0 fully saturated rings. The van der Waals surface area contributed by atoms with Crippen LogP contribution in [0.2, 0.25) is 0 Å². The number of carboxylic acid groups (broad SMARTS) is 1. The van der Waals surface area contributed by atoms with E-state index in [0.717, 1.165) is 12.1 Å². The van der Waals surface area contributed by atoms with Gasteiger partial charge in [0.2, 0.25) is 0 Å². The lowest BCUT2D eigenvalue weighted by Crippen LogP contribution is -2.03. The molecule has 0 amide bonds. The maximum absolute atomic E-state index is 11.3. The van der Waals surface area contributed by atoms with Gasteiger partial charge in [0, 0.05) is 12.1 Å². The summed E-state index contributed by atoms with van der Waals surface area (Å²) in [5, 5.41) is 31.5. The number of oxazole rings is 1. The first kappa shape index (κ1) is 16.4. The van der Waals surface area contributed by atoms with Gasteiger partial charge in [-0.1, -0.05) is 12.1 Å². The number of para-hydroxylation sites is 2. The minimum atomic E-state index is -1.51. The number of hydrogen-bond donors (Lipinski definition) is 1. The van der Waals surface area contributed by atoms with Crippen molar-refractivity contribution in [2.45, 2.75) is 10.1 Å². The van der Waals surface area contributed by atoms with Crippen LogP contribution in [-0.2, 0) is 0 Å². The molecule has 1 aromatic heterocycles.